The quantitative estimate of drug-likeness (QED) is 0.715. The Bertz CT molecular complexity index is 313. The van der Waals surface area contributed by atoms with Gasteiger partial charge in [0.2, 0.25) is 0 Å². The lowest BCUT2D eigenvalue weighted by Crippen LogP contribution is -2.40. The second-order valence-corrected chi connectivity index (χ2v) is 7.13. The summed E-state index contributed by atoms with van der Waals surface area (Å²) in [7, 11) is 0. The van der Waals surface area contributed by atoms with Crippen LogP contribution in [0.5, 0.6) is 0 Å². The maximum Gasteiger partial charge on any atom is 0.00730 e. The van der Waals surface area contributed by atoms with Crippen LogP contribution in [0, 0.1) is 29.1 Å². The van der Waals surface area contributed by atoms with Crippen LogP contribution in [0.3, 0.4) is 0 Å². The van der Waals surface area contributed by atoms with Crippen molar-refractivity contribution in [1.82, 2.24) is 5.32 Å². The van der Waals surface area contributed by atoms with Gasteiger partial charge in [0.1, 0.15) is 0 Å². The third-order valence-corrected chi connectivity index (χ3v) is 5.87. The average Bonchev–Trinajstić information content (AvgIpc) is 2.81. The molecule has 4 atom stereocenters. The minimum atomic E-state index is 0.654. The summed E-state index contributed by atoms with van der Waals surface area (Å²) in [6.45, 7) is 8.44. The van der Waals surface area contributed by atoms with Gasteiger partial charge in [0.15, 0.2) is 0 Å². The zero-order valence-electron chi connectivity index (χ0n) is 11.6. The van der Waals surface area contributed by atoms with E-state index in [1.807, 2.05) is 0 Å². The summed E-state index contributed by atoms with van der Waals surface area (Å²) >= 11 is 0. The highest BCUT2D eigenvalue weighted by molar-refractivity contribution is 5.12. The molecule has 0 saturated heterocycles. The predicted octanol–water partition coefficient (Wildman–Crippen LogP) is 3.61. The number of rotatable bonds is 5. The van der Waals surface area contributed by atoms with E-state index < -0.39 is 0 Å². The first-order valence-electron chi connectivity index (χ1n) is 7.52. The van der Waals surface area contributed by atoms with Gasteiger partial charge >= 0.3 is 0 Å². The van der Waals surface area contributed by atoms with Crippen molar-refractivity contribution < 1.29 is 0 Å². The van der Waals surface area contributed by atoms with E-state index in [2.05, 4.69) is 38.2 Å². The molecule has 0 aromatic heterocycles. The van der Waals surface area contributed by atoms with E-state index in [-0.39, 0.29) is 0 Å². The summed E-state index contributed by atoms with van der Waals surface area (Å²) in [5.41, 5.74) is 0.654. The number of hydrogen-bond acceptors (Lipinski definition) is 1. The van der Waals surface area contributed by atoms with Gasteiger partial charge in [-0.2, -0.15) is 0 Å². The van der Waals surface area contributed by atoms with Crippen LogP contribution in [0.25, 0.3) is 0 Å². The minimum Gasteiger partial charge on any atom is -0.313 e. The second-order valence-electron chi connectivity index (χ2n) is 7.13. The largest absolute Gasteiger partial charge is 0.313 e. The van der Waals surface area contributed by atoms with Crippen LogP contribution in [0.15, 0.2) is 12.2 Å². The maximum absolute atomic E-state index is 3.86. The lowest BCUT2D eigenvalue weighted by molar-refractivity contribution is 0.273. The third kappa shape index (κ3) is 2.07. The highest BCUT2D eigenvalue weighted by Gasteiger charge is 2.46. The average molecular weight is 233 g/mol. The van der Waals surface area contributed by atoms with Gasteiger partial charge in [-0.15, -0.1) is 0 Å². The van der Waals surface area contributed by atoms with Gasteiger partial charge in [-0.25, -0.2) is 0 Å². The zero-order chi connectivity index (χ0) is 12.0. The SMILES string of the molecule is CC(NCC1(C(C)C)CC1)C1CC2C=CC1C2. The predicted molar refractivity (Wildman–Crippen MR) is 72.8 cm³/mol. The van der Waals surface area contributed by atoms with Crippen molar-refractivity contribution in [2.45, 2.75) is 52.5 Å². The summed E-state index contributed by atoms with van der Waals surface area (Å²) in [5, 5.41) is 3.86. The van der Waals surface area contributed by atoms with E-state index in [1.54, 1.807) is 0 Å². The molecule has 4 unspecified atom stereocenters. The van der Waals surface area contributed by atoms with Crippen LogP contribution in [0.4, 0.5) is 0 Å². The molecule has 3 aliphatic rings. The van der Waals surface area contributed by atoms with Crippen LogP contribution in [-0.2, 0) is 0 Å². The van der Waals surface area contributed by atoms with Crippen LogP contribution >= 0.6 is 0 Å². The standard InChI is InChI=1S/C16H27N/c1-11(2)16(6-7-16)10-17-12(3)15-9-13-4-5-14(15)8-13/h4-5,11-15,17H,6-10H2,1-3H3. The molecule has 0 aliphatic heterocycles. The van der Waals surface area contributed by atoms with Crippen LogP contribution in [0.2, 0.25) is 0 Å². The molecule has 2 fully saturated rings. The van der Waals surface area contributed by atoms with Crippen molar-refractivity contribution in [1.29, 1.82) is 0 Å². The van der Waals surface area contributed by atoms with Crippen LogP contribution in [0.1, 0.15) is 46.5 Å². The number of nitrogens with one attached hydrogen (secondary N) is 1. The number of hydrogen-bond donors (Lipinski definition) is 1. The van der Waals surface area contributed by atoms with Crippen molar-refractivity contribution in [2.75, 3.05) is 6.54 Å². The van der Waals surface area contributed by atoms with Crippen molar-refractivity contribution in [2.24, 2.45) is 29.1 Å². The summed E-state index contributed by atoms with van der Waals surface area (Å²) in [6, 6.07) is 0.714. The van der Waals surface area contributed by atoms with E-state index in [0.29, 0.717) is 11.5 Å². The fraction of sp³-hybridized carbons (Fsp3) is 0.875. The molecule has 0 aromatic carbocycles. The number of allylic oxidation sites excluding steroid dienone is 2. The highest BCUT2D eigenvalue weighted by atomic mass is 14.9. The van der Waals surface area contributed by atoms with Crippen molar-refractivity contribution in [3.63, 3.8) is 0 Å². The Morgan fingerprint density at radius 3 is 2.41 bits per heavy atom. The lowest BCUT2D eigenvalue weighted by atomic mass is 9.86. The molecule has 0 heterocycles. The first-order chi connectivity index (χ1) is 8.11. The first kappa shape index (κ1) is 11.8. The van der Waals surface area contributed by atoms with E-state index in [0.717, 1.165) is 23.7 Å². The smallest absolute Gasteiger partial charge is 0.00730 e. The fourth-order valence-electron chi connectivity index (χ4n) is 4.03. The van der Waals surface area contributed by atoms with Crippen molar-refractivity contribution in [3.05, 3.63) is 12.2 Å². The maximum atomic E-state index is 3.86. The van der Waals surface area contributed by atoms with Gasteiger partial charge in [-0.1, -0.05) is 26.0 Å². The molecule has 2 bridgehead atoms. The van der Waals surface area contributed by atoms with E-state index in [1.165, 1.54) is 32.2 Å². The topological polar surface area (TPSA) is 12.0 Å². The summed E-state index contributed by atoms with van der Waals surface area (Å²) in [4.78, 5) is 0. The third-order valence-electron chi connectivity index (χ3n) is 5.87. The molecule has 17 heavy (non-hydrogen) atoms. The van der Waals surface area contributed by atoms with Crippen molar-refractivity contribution >= 4 is 0 Å². The van der Waals surface area contributed by atoms with Gasteiger partial charge in [0, 0.05) is 12.6 Å². The molecule has 0 spiro atoms. The Kier molecular flexibility index (Phi) is 2.85. The fourth-order valence-corrected chi connectivity index (χ4v) is 4.03. The molecular weight excluding hydrogens is 206 g/mol. The zero-order valence-corrected chi connectivity index (χ0v) is 11.6. The van der Waals surface area contributed by atoms with Gasteiger partial charge in [-0.05, 0) is 61.7 Å². The Morgan fingerprint density at radius 1 is 1.18 bits per heavy atom. The van der Waals surface area contributed by atoms with Crippen LogP contribution in [-0.4, -0.2) is 12.6 Å². The van der Waals surface area contributed by atoms with E-state index in [4.69, 9.17) is 0 Å². The van der Waals surface area contributed by atoms with Gasteiger partial charge in [0.05, 0.1) is 0 Å². The molecule has 3 aliphatic carbocycles. The minimum absolute atomic E-state index is 0.654. The normalized spacial score (nSPS) is 38.9. The molecule has 1 N–H and O–H groups in total. The monoisotopic (exact) mass is 233 g/mol. The van der Waals surface area contributed by atoms with Gasteiger partial charge < -0.3 is 5.32 Å². The molecule has 2 saturated carbocycles. The molecule has 1 heteroatoms. The Morgan fingerprint density at radius 2 is 1.94 bits per heavy atom. The molecule has 1 nitrogen and oxygen atoms in total. The summed E-state index contributed by atoms with van der Waals surface area (Å²) in [5.74, 6) is 3.56. The Labute approximate surface area is 106 Å². The first-order valence-corrected chi connectivity index (χ1v) is 7.52. The van der Waals surface area contributed by atoms with Gasteiger partial charge in [-0.3, -0.25) is 0 Å². The molecule has 3 rings (SSSR count). The molecular formula is C16H27N. The van der Waals surface area contributed by atoms with E-state index >= 15 is 0 Å². The van der Waals surface area contributed by atoms with Gasteiger partial charge in [0.25, 0.3) is 0 Å². The lowest BCUT2D eigenvalue weighted by Gasteiger charge is -2.29. The second kappa shape index (κ2) is 4.12. The molecule has 0 amide bonds. The molecule has 96 valence electrons. The van der Waals surface area contributed by atoms with E-state index in [9.17, 15) is 0 Å². The molecule has 0 radical (unpaired) electrons. The van der Waals surface area contributed by atoms with Crippen LogP contribution < -0.4 is 5.32 Å². The number of fused-ring (bicyclic) bond motifs is 2. The van der Waals surface area contributed by atoms with Crippen molar-refractivity contribution in [3.8, 4) is 0 Å². The molecule has 0 aromatic rings. The highest BCUT2D eigenvalue weighted by Crippen LogP contribution is 2.51. The Hall–Kier alpha value is -0.300. The Balaban J connectivity index is 1.51. The summed E-state index contributed by atoms with van der Waals surface area (Å²) < 4.78 is 0. The summed E-state index contributed by atoms with van der Waals surface area (Å²) in [6.07, 6.45) is 10.7.